The van der Waals surface area contributed by atoms with Crippen molar-refractivity contribution < 1.29 is 19.1 Å². The summed E-state index contributed by atoms with van der Waals surface area (Å²) in [6.07, 6.45) is 0. The van der Waals surface area contributed by atoms with Crippen LogP contribution in [0.1, 0.15) is 29.8 Å². The molecule has 3 rings (SSSR count). The normalized spacial score (nSPS) is 12.4. The molecule has 8 heteroatoms. The van der Waals surface area contributed by atoms with E-state index in [4.69, 9.17) is 9.47 Å². The van der Waals surface area contributed by atoms with E-state index in [0.717, 1.165) is 21.5 Å². The standard InChI is InChI=1S/C22H25BrN2O4S/c1-3-25(4-2)22(27)15-5-7-17(8-6-15)24-21(26)14-30-13-16-11-19-20(12-18(16)23)29-10-9-28-19/h5-8,11-12H,3-4,9-10,13-14H2,1-2H3,(H,24,26). The Morgan fingerprint density at radius 3 is 2.33 bits per heavy atom. The molecule has 0 aliphatic carbocycles. The van der Waals surface area contributed by atoms with E-state index in [1.54, 1.807) is 29.2 Å². The lowest BCUT2D eigenvalue weighted by Gasteiger charge is -2.19. The maximum Gasteiger partial charge on any atom is 0.253 e. The maximum atomic E-state index is 12.3. The van der Waals surface area contributed by atoms with Crippen LogP contribution in [0.4, 0.5) is 5.69 Å². The first kappa shape index (κ1) is 22.5. The molecule has 0 saturated carbocycles. The van der Waals surface area contributed by atoms with Crippen LogP contribution >= 0.6 is 27.7 Å². The number of anilines is 1. The van der Waals surface area contributed by atoms with Crippen LogP contribution in [0.2, 0.25) is 0 Å². The Labute approximate surface area is 189 Å². The molecular formula is C22H25BrN2O4S. The molecule has 2 aromatic carbocycles. The Kier molecular flexibility index (Phi) is 8.04. The van der Waals surface area contributed by atoms with Gasteiger partial charge in [-0.15, -0.1) is 11.8 Å². The van der Waals surface area contributed by atoms with Crippen molar-refractivity contribution >= 4 is 45.2 Å². The zero-order valence-corrected chi connectivity index (χ0v) is 19.5. The minimum atomic E-state index is -0.0866. The summed E-state index contributed by atoms with van der Waals surface area (Å²) in [5.74, 6) is 2.38. The van der Waals surface area contributed by atoms with Crippen LogP contribution in [0.5, 0.6) is 11.5 Å². The summed E-state index contributed by atoms with van der Waals surface area (Å²) in [5, 5.41) is 2.87. The van der Waals surface area contributed by atoms with E-state index in [1.165, 1.54) is 11.8 Å². The number of ether oxygens (including phenoxy) is 2. The van der Waals surface area contributed by atoms with Crippen molar-refractivity contribution in [1.82, 2.24) is 4.90 Å². The molecule has 1 heterocycles. The van der Waals surface area contributed by atoms with Gasteiger partial charge in [0.25, 0.3) is 5.91 Å². The first-order valence-electron chi connectivity index (χ1n) is 9.86. The molecule has 0 spiro atoms. The molecule has 2 aromatic rings. The highest BCUT2D eigenvalue weighted by molar-refractivity contribution is 9.10. The van der Waals surface area contributed by atoms with Crippen LogP contribution in [0.3, 0.4) is 0 Å². The molecule has 0 unspecified atom stereocenters. The van der Waals surface area contributed by atoms with Gasteiger partial charge in [-0.3, -0.25) is 9.59 Å². The number of hydrogen-bond donors (Lipinski definition) is 1. The van der Waals surface area contributed by atoms with E-state index in [0.29, 0.717) is 49.1 Å². The smallest absolute Gasteiger partial charge is 0.253 e. The zero-order valence-electron chi connectivity index (χ0n) is 17.1. The maximum absolute atomic E-state index is 12.3. The van der Waals surface area contributed by atoms with Crippen molar-refractivity contribution in [3.05, 3.63) is 52.0 Å². The van der Waals surface area contributed by atoms with Gasteiger partial charge in [0.2, 0.25) is 5.91 Å². The molecule has 0 aromatic heterocycles. The van der Waals surface area contributed by atoms with Gasteiger partial charge in [-0.1, -0.05) is 15.9 Å². The monoisotopic (exact) mass is 492 g/mol. The first-order chi connectivity index (χ1) is 14.5. The summed E-state index contributed by atoms with van der Waals surface area (Å²) < 4.78 is 12.1. The van der Waals surface area contributed by atoms with E-state index >= 15 is 0 Å². The quantitative estimate of drug-likeness (QED) is 0.584. The van der Waals surface area contributed by atoms with Crippen molar-refractivity contribution in [2.45, 2.75) is 19.6 Å². The van der Waals surface area contributed by atoms with Crippen LogP contribution in [0.15, 0.2) is 40.9 Å². The molecule has 30 heavy (non-hydrogen) atoms. The minimum Gasteiger partial charge on any atom is -0.486 e. The number of nitrogens with one attached hydrogen (secondary N) is 1. The number of hydrogen-bond acceptors (Lipinski definition) is 5. The second-order valence-corrected chi connectivity index (χ2v) is 8.52. The minimum absolute atomic E-state index is 0.00145. The van der Waals surface area contributed by atoms with Gasteiger partial charge in [-0.05, 0) is 55.8 Å². The number of thioether (sulfide) groups is 1. The third-order valence-electron chi connectivity index (χ3n) is 4.67. The molecule has 0 bridgehead atoms. The Morgan fingerprint density at radius 1 is 1.07 bits per heavy atom. The fourth-order valence-electron chi connectivity index (χ4n) is 3.06. The molecule has 1 aliphatic rings. The highest BCUT2D eigenvalue weighted by atomic mass is 79.9. The molecule has 6 nitrogen and oxygen atoms in total. The van der Waals surface area contributed by atoms with Crippen molar-refractivity contribution in [3.63, 3.8) is 0 Å². The molecular weight excluding hydrogens is 468 g/mol. The molecule has 0 atom stereocenters. The van der Waals surface area contributed by atoms with E-state index in [-0.39, 0.29) is 11.8 Å². The van der Waals surface area contributed by atoms with E-state index in [9.17, 15) is 9.59 Å². The van der Waals surface area contributed by atoms with Crippen molar-refractivity contribution in [2.24, 2.45) is 0 Å². The van der Waals surface area contributed by atoms with Crippen LogP contribution in [0.25, 0.3) is 0 Å². The number of amides is 2. The fourth-order valence-corrected chi connectivity index (χ4v) is 4.52. The van der Waals surface area contributed by atoms with Gasteiger partial charge >= 0.3 is 0 Å². The van der Waals surface area contributed by atoms with Crippen LogP contribution < -0.4 is 14.8 Å². The average Bonchev–Trinajstić information content (AvgIpc) is 2.75. The first-order valence-corrected chi connectivity index (χ1v) is 11.8. The number of nitrogens with zero attached hydrogens (tertiary/aromatic N) is 1. The second-order valence-electron chi connectivity index (χ2n) is 6.68. The van der Waals surface area contributed by atoms with Crippen LogP contribution in [0, 0.1) is 0 Å². The lowest BCUT2D eigenvalue weighted by atomic mass is 10.2. The Morgan fingerprint density at radius 2 is 1.70 bits per heavy atom. The Bertz CT molecular complexity index is 901. The molecule has 1 N–H and O–H groups in total. The largest absolute Gasteiger partial charge is 0.486 e. The number of carbonyl (C=O) groups is 2. The fraction of sp³-hybridized carbons (Fsp3) is 0.364. The number of carbonyl (C=O) groups excluding carboxylic acids is 2. The topological polar surface area (TPSA) is 67.9 Å². The number of halogens is 1. The van der Waals surface area contributed by atoms with E-state index in [2.05, 4.69) is 21.2 Å². The molecule has 2 amide bonds. The Balaban J connectivity index is 1.50. The summed E-state index contributed by atoms with van der Waals surface area (Å²) in [4.78, 5) is 26.4. The number of rotatable bonds is 8. The Hall–Kier alpha value is -2.19. The predicted octanol–water partition coefficient (Wildman–Crippen LogP) is 4.57. The number of fused-ring (bicyclic) bond motifs is 1. The zero-order chi connectivity index (χ0) is 21.5. The van der Waals surface area contributed by atoms with Crippen molar-refractivity contribution in [3.8, 4) is 11.5 Å². The van der Waals surface area contributed by atoms with Gasteiger partial charge in [0.15, 0.2) is 11.5 Å². The van der Waals surface area contributed by atoms with Gasteiger partial charge in [0, 0.05) is 34.6 Å². The second kappa shape index (κ2) is 10.7. The number of benzene rings is 2. The summed E-state index contributed by atoms with van der Waals surface area (Å²) in [7, 11) is 0. The molecule has 160 valence electrons. The SMILES string of the molecule is CCN(CC)C(=O)c1ccc(NC(=O)CSCc2cc3c(cc2Br)OCCO3)cc1. The summed E-state index contributed by atoms with van der Waals surface area (Å²) in [5.41, 5.74) is 2.35. The molecule has 0 fully saturated rings. The van der Waals surface area contributed by atoms with Crippen LogP contribution in [-0.2, 0) is 10.5 Å². The van der Waals surface area contributed by atoms with E-state index in [1.807, 2.05) is 26.0 Å². The van der Waals surface area contributed by atoms with Crippen molar-refractivity contribution in [2.75, 3.05) is 37.4 Å². The van der Waals surface area contributed by atoms with Gasteiger partial charge < -0.3 is 19.7 Å². The van der Waals surface area contributed by atoms with E-state index < -0.39 is 0 Å². The van der Waals surface area contributed by atoms with Gasteiger partial charge in [0.1, 0.15) is 13.2 Å². The molecule has 0 saturated heterocycles. The third kappa shape index (κ3) is 5.70. The summed E-state index contributed by atoms with van der Waals surface area (Å²) in [6.45, 7) is 6.35. The molecule has 1 aliphatic heterocycles. The summed E-state index contributed by atoms with van der Waals surface area (Å²) in [6, 6.07) is 10.9. The summed E-state index contributed by atoms with van der Waals surface area (Å²) >= 11 is 5.07. The molecule has 0 radical (unpaired) electrons. The lowest BCUT2D eigenvalue weighted by molar-refractivity contribution is -0.113. The highest BCUT2D eigenvalue weighted by Gasteiger charge is 2.15. The van der Waals surface area contributed by atoms with Crippen LogP contribution in [-0.4, -0.2) is 48.8 Å². The van der Waals surface area contributed by atoms with Gasteiger partial charge in [-0.25, -0.2) is 0 Å². The lowest BCUT2D eigenvalue weighted by Crippen LogP contribution is -2.30. The highest BCUT2D eigenvalue weighted by Crippen LogP contribution is 2.36. The average molecular weight is 493 g/mol. The van der Waals surface area contributed by atoms with Gasteiger partial charge in [-0.2, -0.15) is 0 Å². The van der Waals surface area contributed by atoms with Crippen molar-refractivity contribution in [1.29, 1.82) is 0 Å². The van der Waals surface area contributed by atoms with Gasteiger partial charge in [0.05, 0.1) is 5.75 Å². The predicted molar refractivity (Wildman–Crippen MR) is 124 cm³/mol. The third-order valence-corrected chi connectivity index (χ3v) is 6.39.